The van der Waals surface area contributed by atoms with Crippen LogP contribution in [0.25, 0.3) is 0 Å². The summed E-state index contributed by atoms with van der Waals surface area (Å²) in [5.74, 6) is 0.168. The van der Waals surface area contributed by atoms with Gasteiger partial charge in [-0.2, -0.15) is 9.57 Å². The summed E-state index contributed by atoms with van der Waals surface area (Å²) < 4.78 is 26.6. The Morgan fingerprint density at radius 1 is 1.33 bits per heavy atom. The smallest absolute Gasteiger partial charge is 0.244 e. The van der Waals surface area contributed by atoms with Crippen molar-refractivity contribution in [3.05, 3.63) is 28.8 Å². The van der Waals surface area contributed by atoms with Crippen LogP contribution in [0.3, 0.4) is 0 Å². The molecule has 0 heterocycles. The highest BCUT2D eigenvalue weighted by Gasteiger charge is 2.32. The van der Waals surface area contributed by atoms with E-state index < -0.39 is 10.0 Å². The summed E-state index contributed by atoms with van der Waals surface area (Å²) in [7, 11) is -2.29. The predicted molar refractivity (Wildman–Crippen MR) is 78.4 cm³/mol. The monoisotopic (exact) mass is 326 g/mol. The maximum absolute atomic E-state index is 12.6. The molecule has 1 aromatic carbocycles. The number of Topliss-reactive ketones (excluding diaryl/α,β-unsaturated/α-hetero) is 1. The van der Waals surface area contributed by atoms with Gasteiger partial charge in [0.25, 0.3) is 0 Å². The summed E-state index contributed by atoms with van der Waals surface area (Å²) in [4.78, 5) is 11.2. The number of benzene rings is 1. The first kappa shape index (κ1) is 16.0. The molecular weight excluding hydrogens is 312 g/mol. The molecule has 0 unspecified atom stereocenters. The van der Waals surface area contributed by atoms with Crippen LogP contribution in [0.4, 0.5) is 0 Å². The Morgan fingerprint density at radius 3 is 2.52 bits per heavy atom. The Labute approximate surface area is 129 Å². The number of hydrogen-bond acceptors (Lipinski definition) is 4. The number of nitriles is 1. The maximum atomic E-state index is 12.6. The molecule has 2 rings (SSSR count). The second kappa shape index (κ2) is 6.14. The van der Waals surface area contributed by atoms with Gasteiger partial charge in [0.1, 0.15) is 10.7 Å². The van der Waals surface area contributed by atoms with Gasteiger partial charge in [-0.1, -0.05) is 11.6 Å². The average molecular weight is 327 g/mol. The van der Waals surface area contributed by atoms with Crippen molar-refractivity contribution in [1.29, 1.82) is 5.26 Å². The number of ketones is 1. The van der Waals surface area contributed by atoms with Crippen molar-refractivity contribution < 1.29 is 13.2 Å². The lowest BCUT2D eigenvalue weighted by Gasteiger charge is -2.30. The molecule has 0 N–H and O–H groups in total. The van der Waals surface area contributed by atoms with E-state index in [0.717, 1.165) is 0 Å². The normalized spacial score (nSPS) is 17.0. The van der Waals surface area contributed by atoms with Gasteiger partial charge < -0.3 is 0 Å². The van der Waals surface area contributed by atoms with E-state index in [1.807, 2.05) is 6.07 Å². The van der Waals surface area contributed by atoms with Crippen molar-refractivity contribution in [1.82, 2.24) is 4.31 Å². The highest BCUT2D eigenvalue weighted by atomic mass is 35.5. The minimum Gasteiger partial charge on any atom is -0.300 e. The SMILES string of the molecule is CN(C1CCC(=O)CC1)S(=O)(=O)c1cc(C#N)ccc1Cl. The minimum atomic E-state index is -3.78. The van der Waals surface area contributed by atoms with Gasteiger partial charge in [-0.25, -0.2) is 8.42 Å². The predicted octanol–water partition coefficient (Wildman–Crippen LogP) is 2.34. The Balaban J connectivity index is 2.33. The van der Waals surface area contributed by atoms with E-state index in [4.69, 9.17) is 16.9 Å². The van der Waals surface area contributed by atoms with Crippen LogP contribution < -0.4 is 0 Å². The molecule has 0 spiro atoms. The Bertz CT molecular complexity index is 699. The first-order chi connectivity index (χ1) is 9.86. The number of hydrogen-bond donors (Lipinski definition) is 0. The van der Waals surface area contributed by atoms with Gasteiger partial charge in [-0.3, -0.25) is 4.79 Å². The van der Waals surface area contributed by atoms with Gasteiger partial charge >= 0.3 is 0 Å². The minimum absolute atomic E-state index is 0.0670. The zero-order chi connectivity index (χ0) is 15.6. The molecule has 0 atom stereocenters. The van der Waals surface area contributed by atoms with Crippen molar-refractivity contribution in [3.63, 3.8) is 0 Å². The zero-order valence-corrected chi connectivity index (χ0v) is 13.1. The molecule has 0 aliphatic heterocycles. The van der Waals surface area contributed by atoms with Crippen molar-refractivity contribution in [2.24, 2.45) is 0 Å². The molecule has 112 valence electrons. The quantitative estimate of drug-likeness (QED) is 0.854. The molecular formula is C14H15ClN2O3S. The van der Waals surface area contributed by atoms with E-state index in [-0.39, 0.29) is 27.3 Å². The molecule has 0 aromatic heterocycles. The van der Waals surface area contributed by atoms with Gasteiger partial charge in [-0.05, 0) is 31.0 Å². The van der Waals surface area contributed by atoms with Crippen LogP contribution in [0.15, 0.2) is 23.1 Å². The topological polar surface area (TPSA) is 78.2 Å². The van der Waals surface area contributed by atoms with E-state index in [0.29, 0.717) is 25.7 Å². The van der Waals surface area contributed by atoms with Crippen molar-refractivity contribution in [2.45, 2.75) is 36.6 Å². The van der Waals surface area contributed by atoms with E-state index in [1.54, 1.807) is 0 Å². The summed E-state index contributed by atoms with van der Waals surface area (Å²) >= 11 is 5.97. The third kappa shape index (κ3) is 3.26. The number of carbonyl (C=O) groups is 1. The fourth-order valence-electron chi connectivity index (χ4n) is 2.41. The van der Waals surface area contributed by atoms with Gasteiger partial charge in [0, 0.05) is 25.9 Å². The van der Waals surface area contributed by atoms with Crippen LogP contribution >= 0.6 is 11.6 Å². The van der Waals surface area contributed by atoms with Gasteiger partial charge in [0.15, 0.2) is 0 Å². The van der Waals surface area contributed by atoms with Crippen molar-refractivity contribution in [3.8, 4) is 6.07 Å². The molecule has 0 saturated heterocycles. The lowest BCUT2D eigenvalue weighted by atomic mass is 9.95. The summed E-state index contributed by atoms with van der Waals surface area (Å²) in [6, 6.07) is 5.85. The molecule has 5 nitrogen and oxygen atoms in total. The molecule has 7 heteroatoms. The number of rotatable bonds is 3. The molecule has 21 heavy (non-hydrogen) atoms. The van der Waals surface area contributed by atoms with E-state index in [1.165, 1.54) is 29.6 Å². The van der Waals surface area contributed by atoms with Crippen LogP contribution in [-0.4, -0.2) is 31.6 Å². The number of carbonyl (C=O) groups excluding carboxylic acids is 1. The van der Waals surface area contributed by atoms with Gasteiger partial charge in [0.05, 0.1) is 16.7 Å². The second-order valence-corrected chi connectivity index (χ2v) is 7.42. The molecule has 1 saturated carbocycles. The van der Waals surface area contributed by atoms with Crippen LogP contribution in [0, 0.1) is 11.3 Å². The number of halogens is 1. The summed E-state index contributed by atoms with van der Waals surface area (Å²) in [6.07, 6.45) is 1.83. The van der Waals surface area contributed by atoms with Crippen LogP contribution in [0.2, 0.25) is 5.02 Å². The van der Waals surface area contributed by atoms with Gasteiger partial charge in [0.2, 0.25) is 10.0 Å². The molecule has 0 amide bonds. The first-order valence-electron chi connectivity index (χ1n) is 6.55. The van der Waals surface area contributed by atoms with E-state index in [9.17, 15) is 13.2 Å². The molecule has 1 aliphatic rings. The Hall–Kier alpha value is -1.42. The van der Waals surface area contributed by atoms with Crippen molar-refractivity contribution >= 4 is 27.4 Å². The summed E-state index contributed by atoms with van der Waals surface area (Å²) in [5, 5.41) is 8.99. The fraction of sp³-hybridized carbons (Fsp3) is 0.429. The average Bonchev–Trinajstić information content (AvgIpc) is 2.47. The Morgan fingerprint density at radius 2 is 1.95 bits per heavy atom. The van der Waals surface area contributed by atoms with Crippen molar-refractivity contribution in [2.75, 3.05) is 7.05 Å². The number of sulfonamides is 1. The summed E-state index contributed by atoms with van der Waals surface area (Å²) in [5.41, 5.74) is 0.241. The van der Waals surface area contributed by atoms with E-state index >= 15 is 0 Å². The highest BCUT2D eigenvalue weighted by Crippen LogP contribution is 2.29. The first-order valence-corrected chi connectivity index (χ1v) is 8.37. The lowest BCUT2D eigenvalue weighted by Crippen LogP contribution is -2.39. The van der Waals surface area contributed by atoms with E-state index in [2.05, 4.69) is 0 Å². The van der Waals surface area contributed by atoms with Crippen LogP contribution in [0.5, 0.6) is 0 Å². The molecule has 1 fully saturated rings. The fourth-order valence-corrected chi connectivity index (χ4v) is 4.32. The third-order valence-corrected chi connectivity index (χ3v) is 6.14. The lowest BCUT2D eigenvalue weighted by molar-refractivity contribution is -0.120. The molecule has 0 radical (unpaired) electrons. The maximum Gasteiger partial charge on any atom is 0.244 e. The largest absolute Gasteiger partial charge is 0.300 e. The summed E-state index contributed by atoms with van der Waals surface area (Å²) in [6.45, 7) is 0. The molecule has 0 bridgehead atoms. The molecule has 1 aromatic rings. The van der Waals surface area contributed by atoms with Crippen LogP contribution in [0.1, 0.15) is 31.2 Å². The third-order valence-electron chi connectivity index (χ3n) is 3.74. The standard InChI is InChI=1S/C14H15ClN2O3S/c1-17(11-3-5-12(18)6-4-11)21(19,20)14-8-10(9-16)2-7-13(14)15/h2,7-8,11H,3-6H2,1H3. The second-order valence-electron chi connectivity index (χ2n) is 5.05. The highest BCUT2D eigenvalue weighted by molar-refractivity contribution is 7.89. The Kier molecular flexibility index (Phi) is 4.67. The van der Waals surface area contributed by atoms with Gasteiger partial charge in [-0.15, -0.1) is 0 Å². The zero-order valence-electron chi connectivity index (χ0n) is 11.5. The van der Waals surface area contributed by atoms with Crippen LogP contribution in [-0.2, 0) is 14.8 Å². The molecule has 1 aliphatic carbocycles. The number of nitrogens with zero attached hydrogens (tertiary/aromatic N) is 2.